The molecule has 0 fully saturated rings. The summed E-state index contributed by atoms with van der Waals surface area (Å²) in [7, 11) is 0. The first-order valence-corrected chi connectivity index (χ1v) is 9.22. The quantitative estimate of drug-likeness (QED) is 0.363. The fourth-order valence-electron chi connectivity index (χ4n) is 2.83. The predicted molar refractivity (Wildman–Crippen MR) is 115 cm³/mol. The van der Waals surface area contributed by atoms with Crippen molar-refractivity contribution in [2.75, 3.05) is 0 Å². The number of halogens is 1. The molecule has 4 rings (SSSR count). The summed E-state index contributed by atoms with van der Waals surface area (Å²) < 4.78 is 0. The van der Waals surface area contributed by atoms with Crippen molar-refractivity contribution in [3.8, 4) is 0 Å². The summed E-state index contributed by atoms with van der Waals surface area (Å²) >= 11 is 3.36. The first-order chi connectivity index (χ1) is 12.6. The number of hydrogen-bond acceptors (Lipinski definition) is 4. The third kappa shape index (κ3) is 4.71. The van der Waals surface area contributed by atoms with Crippen molar-refractivity contribution in [2.24, 2.45) is 5.73 Å². The molecule has 2 aromatic heterocycles. The maximum Gasteiger partial charge on any atom is 0.248 e. The third-order valence-corrected chi connectivity index (χ3v) is 4.64. The molecule has 0 aliphatic carbocycles. The Morgan fingerprint density at radius 1 is 0.778 bits per heavy atom. The van der Waals surface area contributed by atoms with Crippen LogP contribution in [0.3, 0.4) is 0 Å². The minimum absolute atomic E-state index is 0. The van der Waals surface area contributed by atoms with E-state index in [9.17, 15) is 9.59 Å². The standard InChI is InChI=1S/C10H8BrNO.C10H10N2O.H3N/c2*11-6-7-5-10(13)12-9-4-2-1-3-8(7)9;/h1-5H,6H2,(H,12,13);1-5H,6,11H2,(H,12,13);1H3. The minimum Gasteiger partial charge on any atom is -0.344 e. The smallest absolute Gasteiger partial charge is 0.248 e. The van der Waals surface area contributed by atoms with E-state index in [0.29, 0.717) is 11.9 Å². The predicted octanol–water partition coefficient (Wildman–Crippen LogP) is 3.57. The highest BCUT2D eigenvalue weighted by molar-refractivity contribution is 9.08. The fourth-order valence-corrected chi connectivity index (χ4v) is 3.30. The lowest BCUT2D eigenvalue weighted by molar-refractivity contribution is 1.07. The largest absolute Gasteiger partial charge is 0.344 e. The molecule has 2 aromatic carbocycles. The van der Waals surface area contributed by atoms with Crippen LogP contribution in [0.2, 0.25) is 0 Å². The lowest BCUT2D eigenvalue weighted by Crippen LogP contribution is -2.08. The molecule has 4 aromatic rings. The van der Waals surface area contributed by atoms with E-state index in [1.165, 1.54) is 0 Å². The number of nitrogens with one attached hydrogen (secondary N) is 2. The van der Waals surface area contributed by atoms with Crippen molar-refractivity contribution in [1.29, 1.82) is 0 Å². The summed E-state index contributed by atoms with van der Waals surface area (Å²) in [6.45, 7) is 0.393. The van der Waals surface area contributed by atoms with E-state index >= 15 is 0 Å². The van der Waals surface area contributed by atoms with E-state index in [0.717, 1.165) is 32.9 Å². The highest BCUT2D eigenvalue weighted by atomic mass is 79.9. The molecule has 7 heteroatoms. The number of pyridine rings is 2. The lowest BCUT2D eigenvalue weighted by Gasteiger charge is -2.01. The molecule has 0 amide bonds. The second-order valence-electron chi connectivity index (χ2n) is 5.75. The number of benzene rings is 2. The molecule has 140 valence electrons. The van der Waals surface area contributed by atoms with Gasteiger partial charge in [-0.1, -0.05) is 52.3 Å². The normalized spacial score (nSPS) is 10.1. The summed E-state index contributed by atoms with van der Waals surface area (Å²) in [5.74, 6) is 0. The summed E-state index contributed by atoms with van der Waals surface area (Å²) in [6, 6.07) is 18.6. The zero-order valence-electron chi connectivity index (χ0n) is 14.7. The van der Waals surface area contributed by atoms with E-state index in [1.54, 1.807) is 12.1 Å². The van der Waals surface area contributed by atoms with Gasteiger partial charge in [-0.3, -0.25) is 9.59 Å². The van der Waals surface area contributed by atoms with Crippen LogP contribution in [0, 0.1) is 0 Å². The Morgan fingerprint density at radius 3 is 1.70 bits per heavy atom. The van der Waals surface area contributed by atoms with E-state index in [4.69, 9.17) is 5.73 Å². The number of rotatable bonds is 2. The van der Waals surface area contributed by atoms with Crippen LogP contribution in [-0.4, -0.2) is 9.97 Å². The first kappa shape index (κ1) is 20.6. The van der Waals surface area contributed by atoms with Crippen LogP contribution in [0.5, 0.6) is 0 Å². The van der Waals surface area contributed by atoms with Crippen molar-refractivity contribution in [3.63, 3.8) is 0 Å². The van der Waals surface area contributed by atoms with Gasteiger partial charge in [0.05, 0.1) is 0 Å². The molecule has 0 atom stereocenters. The molecule has 0 saturated carbocycles. The molecule has 0 aliphatic rings. The van der Waals surface area contributed by atoms with Gasteiger partial charge >= 0.3 is 0 Å². The average Bonchev–Trinajstić information content (AvgIpc) is 2.67. The Balaban J connectivity index is 0.000000187. The Labute approximate surface area is 164 Å². The van der Waals surface area contributed by atoms with Crippen LogP contribution >= 0.6 is 15.9 Å². The van der Waals surface area contributed by atoms with E-state index < -0.39 is 0 Å². The molecular formula is C20H21BrN4O2. The van der Waals surface area contributed by atoms with Crippen molar-refractivity contribution < 1.29 is 0 Å². The van der Waals surface area contributed by atoms with Gasteiger partial charge in [-0.25, -0.2) is 0 Å². The van der Waals surface area contributed by atoms with Crippen molar-refractivity contribution >= 4 is 37.7 Å². The Kier molecular flexibility index (Phi) is 7.06. The first-order valence-electron chi connectivity index (χ1n) is 8.10. The minimum atomic E-state index is -0.0980. The molecule has 7 N–H and O–H groups in total. The molecule has 6 nitrogen and oxygen atoms in total. The second kappa shape index (κ2) is 9.27. The zero-order valence-corrected chi connectivity index (χ0v) is 16.3. The molecule has 2 heterocycles. The van der Waals surface area contributed by atoms with Gasteiger partial charge < -0.3 is 21.9 Å². The van der Waals surface area contributed by atoms with E-state index in [1.807, 2.05) is 48.5 Å². The monoisotopic (exact) mass is 428 g/mol. The highest BCUT2D eigenvalue weighted by Crippen LogP contribution is 2.16. The highest BCUT2D eigenvalue weighted by Gasteiger charge is 2.00. The summed E-state index contributed by atoms with van der Waals surface area (Å²) in [5, 5.41) is 2.82. The van der Waals surface area contributed by atoms with Crippen LogP contribution < -0.4 is 23.0 Å². The van der Waals surface area contributed by atoms with Gasteiger partial charge in [0.1, 0.15) is 0 Å². The van der Waals surface area contributed by atoms with Gasteiger partial charge in [-0.2, -0.15) is 0 Å². The third-order valence-electron chi connectivity index (χ3n) is 4.04. The number of H-pyrrole nitrogens is 2. The topological polar surface area (TPSA) is 127 Å². The van der Waals surface area contributed by atoms with Gasteiger partial charge in [0.25, 0.3) is 0 Å². The Hall–Kier alpha value is -2.74. The molecule has 0 unspecified atom stereocenters. The number of nitrogens with two attached hydrogens (primary N) is 1. The molecule has 0 saturated heterocycles. The average molecular weight is 429 g/mol. The van der Waals surface area contributed by atoms with Gasteiger partial charge in [-0.05, 0) is 23.3 Å². The Morgan fingerprint density at radius 2 is 1.22 bits per heavy atom. The van der Waals surface area contributed by atoms with Crippen molar-refractivity contribution in [1.82, 2.24) is 16.1 Å². The number of alkyl halides is 1. The summed E-state index contributed by atoms with van der Waals surface area (Å²) in [4.78, 5) is 27.9. The van der Waals surface area contributed by atoms with Crippen LogP contribution in [-0.2, 0) is 11.9 Å². The van der Waals surface area contributed by atoms with Crippen LogP contribution in [0.1, 0.15) is 11.1 Å². The number of para-hydroxylation sites is 2. The van der Waals surface area contributed by atoms with Crippen molar-refractivity contribution in [2.45, 2.75) is 11.9 Å². The molecule has 0 aliphatic heterocycles. The maximum absolute atomic E-state index is 11.2. The van der Waals surface area contributed by atoms with E-state index in [-0.39, 0.29) is 17.3 Å². The van der Waals surface area contributed by atoms with E-state index in [2.05, 4.69) is 25.9 Å². The molecule has 0 radical (unpaired) electrons. The van der Waals surface area contributed by atoms with Gasteiger partial charge in [0, 0.05) is 45.8 Å². The summed E-state index contributed by atoms with van der Waals surface area (Å²) in [5.41, 5.74) is 9.04. The number of aromatic amines is 2. The van der Waals surface area contributed by atoms with Gasteiger partial charge in [0.15, 0.2) is 0 Å². The van der Waals surface area contributed by atoms with Gasteiger partial charge in [-0.15, -0.1) is 0 Å². The van der Waals surface area contributed by atoms with Crippen molar-refractivity contribution in [3.05, 3.63) is 92.5 Å². The zero-order chi connectivity index (χ0) is 18.5. The molecule has 0 bridgehead atoms. The second-order valence-corrected chi connectivity index (χ2v) is 6.31. The maximum atomic E-state index is 11.2. The van der Waals surface area contributed by atoms with Gasteiger partial charge in [0.2, 0.25) is 11.1 Å². The number of hydrogen-bond donors (Lipinski definition) is 4. The fraction of sp³-hybridized carbons (Fsp3) is 0.100. The number of aromatic nitrogens is 2. The molecule has 0 spiro atoms. The van der Waals surface area contributed by atoms with Crippen LogP contribution in [0.25, 0.3) is 21.8 Å². The van der Waals surface area contributed by atoms with Crippen LogP contribution in [0.15, 0.2) is 70.3 Å². The molecule has 27 heavy (non-hydrogen) atoms. The van der Waals surface area contributed by atoms with Crippen LogP contribution in [0.4, 0.5) is 0 Å². The SMILES string of the molecule is N.NCc1cc(=O)[nH]c2ccccc12.O=c1cc(CBr)c2ccccc2[nH]1. The lowest BCUT2D eigenvalue weighted by atomic mass is 10.1. The molecular weight excluding hydrogens is 408 g/mol. The Bertz CT molecular complexity index is 1070. The summed E-state index contributed by atoms with van der Waals surface area (Å²) in [6.07, 6.45) is 0. The number of fused-ring (bicyclic) bond motifs is 2.